The summed E-state index contributed by atoms with van der Waals surface area (Å²) in [5.41, 5.74) is 5.94. The van der Waals surface area contributed by atoms with Crippen molar-refractivity contribution in [2.45, 2.75) is 67.1 Å². The van der Waals surface area contributed by atoms with Gasteiger partial charge in [0.2, 0.25) is 0 Å². The molecule has 1 aromatic carbocycles. The molecule has 0 N–H and O–H groups in total. The number of hydrogen-bond acceptors (Lipinski definition) is 0. The van der Waals surface area contributed by atoms with Crippen molar-refractivity contribution in [2.75, 3.05) is 28.2 Å². The van der Waals surface area contributed by atoms with Gasteiger partial charge in [0, 0.05) is 31.1 Å². The fraction of sp³-hybridized carbons (Fsp3) is 0.700. The molecule has 25 heavy (non-hydrogen) atoms. The molecule has 3 nitrogen and oxygen atoms in total. The maximum atomic E-state index is 5.13. The Morgan fingerprint density at radius 2 is 1.16 bits per heavy atom. The number of nitrogens with zero attached hydrogens (tertiary/aromatic N) is 3. The second-order valence-corrected chi connectivity index (χ2v) is 11.5. The Balaban J connectivity index is -0.000000242. The van der Waals surface area contributed by atoms with E-state index in [0.717, 1.165) is 0 Å². The van der Waals surface area contributed by atoms with E-state index in [9.17, 15) is 0 Å². The summed E-state index contributed by atoms with van der Waals surface area (Å²) in [6.45, 7) is 20.3. The van der Waals surface area contributed by atoms with E-state index < -0.39 is 8.24 Å². The molecule has 0 spiro atoms. The molecule has 0 aliphatic carbocycles. The molecule has 0 saturated heterocycles. The van der Waals surface area contributed by atoms with Crippen LogP contribution in [0, 0.1) is 66.2 Å². The van der Waals surface area contributed by atoms with Crippen molar-refractivity contribution in [3.05, 3.63) is 45.3 Å². The van der Waals surface area contributed by atoms with Crippen LogP contribution in [0.4, 0.5) is 0 Å². The van der Waals surface area contributed by atoms with Crippen molar-refractivity contribution < 1.29 is 31.1 Å². The van der Waals surface area contributed by atoms with Gasteiger partial charge in [0.1, 0.15) is 0 Å². The quantitative estimate of drug-likeness (QED) is 0.304. The predicted molar refractivity (Wildman–Crippen MR) is 118 cm³/mol. The summed E-state index contributed by atoms with van der Waals surface area (Å²) in [6.07, 6.45) is 0. The van der Waals surface area contributed by atoms with Crippen LogP contribution in [0.15, 0.2) is 0 Å². The molecule has 0 bridgehead atoms. The minimum atomic E-state index is -1.69. The third-order valence-electron chi connectivity index (χ3n) is 3.66. The Kier molecular flexibility index (Phi) is 19.3. The van der Waals surface area contributed by atoms with Crippen LogP contribution in [0.1, 0.15) is 43.0 Å². The molecule has 1 aromatic rings. The maximum Gasteiger partial charge on any atom is 0 e. The second kappa shape index (κ2) is 14.5. The molecular weight excluding hydrogens is 548 g/mol. The van der Waals surface area contributed by atoms with Crippen LogP contribution in [-0.4, -0.2) is 42.0 Å². The summed E-state index contributed by atoms with van der Waals surface area (Å²) in [5.74, 6) is 0. The first-order valence-electron chi connectivity index (χ1n) is 8.24. The second-order valence-electron chi connectivity index (χ2n) is 7.61. The van der Waals surface area contributed by atoms with Crippen molar-refractivity contribution in [1.29, 1.82) is 0 Å². The molecule has 0 atom stereocenters. The number of rotatable bonds is 2. The van der Waals surface area contributed by atoms with Crippen LogP contribution in [0.2, 0.25) is 13.1 Å². The van der Waals surface area contributed by atoms with E-state index in [1.807, 2.05) is 0 Å². The molecule has 150 valence electrons. The monoisotopic (exact) mass is 590 g/mol. The zero-order chi connectivity index (χ0) is 19.0. The van der Waals surface area contributed by atoms with Gasteiger partial charge in [-0.3, -0.25) is 0 Å². The molecule has 0 aliphatic heterocycles. The molecule has 0 aromatic heterocycles. The van der Waals surface area contributed by atoms with Gasteiger partial charge >= 0.3 is 0 Å². The number of hydrogen-bond donors (Lipinski definition) is 0. The van der Waals surface area contributed by atoms with E-state index in [1.165, 1.54) is 22.3 Å². The molecule has 5 heteroatoms. The average molecular weight is 591 g/mol. The summed E-state index contributed by atoms with van der Waals surface area (Å²) < 4.78 is 0. The third-order valence-corrected chi connectivity index (χ3v) is 6.87. The molecule has 0 aliphatic rings. The van der Waals surface area contributed by atoms with Gasteiger partial charge in [-0.05, 0) is 0 Å². The zero-order valence-electron chi connectivity index (χ0n) is 19.3. The Labute approximate surface area is 184 Å². The Morgan fingerprint density at radius 3 is 1.36 bits per heavy atom. The van der Waals surface area contributed by atoms with E-state index in [-0.39, 0.29) is 44.1 Å². The summed E-state index contributed by atoms with van der Waals surface area (Å²) in [6, 6.07) is 0. The van der Waals surface area contributed by atoms with Gasteiger partial charge in [0.25, 0.3) is 0 Å². The van der Waals surface area contributed by atoms with E-state index in [4.69, 9.17) is 4.98 Å². The first-order chi connectivity index (χ1) is 10.3. The summed E-state index contributed by atoms with van der Waals surface area (Å²) in [5, 5.41) is 8.56. The molecule has 0 heterocycles. The van der Waals surface area contributed by atoms with Gasteiger partial charge in [-0.1, -0.05) is 69.8 Å². The third kappa shape index (κ3) is 11.7. The minimum Gasteiger partial charge on any atom is -0.668 e. The van der Waals surface area contributed by atoms with Crippen LogP contribution in [0.25, 0.3) is 15.6 Å². The molecule has 0 saturated carbocycles. The van der Waals surface area contributed by atoms with Crippen molar-refractivity contribution in [1.82, 2.24) is 0 Å². The molecule has 1 rings (SSSR count). The van der Waals surface area contributed by atoms with Gasteiger partial charge in [-0.15, -0.1) is 5.54 Å². The van der Waals surface area contributed by atoms with Gasteiger partial charge in [0.15, 0.2) is 0 Å². The SMILES string of the molecule is C[N-]C.C[N-]C.Cc1c(C)c([Si](C)(C)[N-]C(C)(C)C)[c-](C)c1C.[CH3-].[U]. The standard InChI is InChI=1S/C15H27NSi.2C2H6N.CH3.U/c1-10-11(2)13(4)14(12(10)3)17(8,9)16-15(5,6)7;2*1-3-2;;/h1-9H3;2*1-2H3;1H3;/q-2;3*-1;. The average Bonchev–Trinajstić information content (AvgIpc) is 2.53. The van der Waals surface area contributed by atoms with Crippen LogP contribution in [0.5, 0.6) is 0 Å². The fourth-order valence-electron chi connectivity index (χ4n) is 3.03. The molecular formula is C20H42N3SiU-5. The van der Waals surface area contributed by atoms with E-state index >= 15 is 0 Å². The van der Waals surface area contributed by atoms with Gasteiger partial charge < -0.3 is 23.0 Å². The Hall–Kier alpha value is 0.499. The van der Waals surface area contributed by atoms with Gasteiger partial charge in [0.05, 0.1) is 0 Å². The Bertz CT molecular complexity index is 433. The zero-order valence-corrected chi connectivity index (χ0v) is 24.5. The van der Waals surface area contributed by atoms with E-state index in [1.54, 1.807) is 33.4 Å². The van der Waals surface area contributed by atoms with E-state index in [2.05, 4.69) is 72.2 Å². The first-order valence-corrected chi connectivity index (χ1v) is 11.2. The fourth-order valence-corrected chi connectivity index (χ4v) is 7.03. The van der Waals surface area contributed by atoms with Crippen molar-refractivity contribution >= 4 is 13.4 Å². The van der Waals surface area contributed by atoms with Crippen molar-refractivity contribution in [3.8, 4) is 0 Å². The normalized spacial score (nSPS) is 10.4. The largest absolute Gasteiger partial charge is 0.668 e. The van der Waals surface area contributed by atoms with Crippen LogP contribution in [-0.2, 0) is 0 Å². The summed E-state index contributed by atoms with van der Waals surface area (Å²) in [4.78, 5) is 5.13. The summed E-state index contributed by atoms with van der Waals surface area (Å²) >= 11 is 0. The smallest absolute Gasteiger partial charge is 0 e. The van der Waals surface area contributed by atoms with Crippen molar-refractivity contribution in [2.24, 2.45) is 0 Å². The van der Waals surface area contributed by atoms with Crippen LogP contribution < -0.4 is 5.19 Å². The van der Waals surface area contributed by atoms with Crippen molar-refractivity contribution in [3.63, 3.8) is 0 Å². The first kappa shape index (κ1) is 33.1. The van der Waals surface area contributed by atoms with Gasteiger partial charge in [-0.25, -0.2) is 5.56 Å². The molecule has 0 unspecified atom stereocenters. The minimum absolute atomic E-state index is 0. The molecule has 0 fully saturated rings. The summed E-state index contributed by atoms with van der Waals surface area (Å²) in [7, 11) is 5.31. The maximum absolute atomic E-state index is 5.13. The van der Waals surface area contributed by atoms with Crippen LogP contribution in [0.3, 0.4) is 0 Å². The van der Waals surface area contributed by atoms with E-state index in [0.29, 0.717) is 0 Å². The molecule has 0 amide bonds. The van der Waals surface area contributed by atoms with Gasteiger partial charge in [-0.2, -0.15) is 50.1 Å². The predicted octanol–water partition coefficient (Wildman–Crippen LogP) is 5.91. The topological polar surface area (TPSA) is 42.3 Å². The Morgan fingerprint density at radius 1 is 0.840 bits per heavy atom. The molecule has 0 radical (unpaired) electrons. The van der Waals surface area contributed by atoms with Crippen LogP contribution >= 0.6 is 0 Å².